The molecule has 2 heterocycles. The van der Waals surface area contributed by atoms with Crippen LogP contribution in [0.1, 0.15) is 11.5 Å². The SMILES string of the molecule is Cc1cc(Cn2ncc3ccccc3c2=O)on1. The summed E-state index contributed by atoms with van der Waals surface area (Å²) in [5.74, 6) is 0.623. The first kappa shape index (κ1) is 10.7. The summed E-state index contributed by atoms with van der Waals surface area (Å²) in [7, 11) is 0. The van der Waals surface area contributed by atoms with Crippen LogP contribution in [0.5, 0.6) is 0 Å². The van der Waals surface area contributed by atoms with Gasteiger partial charge in [0, 0.05) is 11.5 Å². The van der Waals surface area contributed by atoms with Gasteiger partial charge in [-0.1, -0.05) is 23.4 Å². The summed E-state index contributed by atoms with van der Waals surface area (Å²) in [6, 6.07) is 9.18. The molecule has 0 radical (unpaired) electrons. The molecule has 0 atom stereocenters. The largest absolute Gasteiger partial charge is 0.359 e. The molecule has 0 spiro atoms. The number of benzene rings is 1. The zero-order chi connectivity index (χ0) is 12.5. The molecule has 18 heavy (non-hydrogen) atoms. The minimum absolute atomic E-state index is 0.123. The van der Waals surface area contributed by atoms with E-state index in [2.05, 4.69) is 10.3 Å². The Balaban J connectivity index is 2.08. The average molecular weight is 241 g/mol. The number of aryl methyl sites for hydroxylation is 1. The highest BCUT2D eigenvalue weighted by Gasteiger charge is 2.07. The maximum Gasteiger partial charge on any atom is 0.275 e. The van der Waals surface area contributed by atoms with Crippen molar-refractivity contribution in [1.82, 2.24) is 14.9 Å². The maximum atomic E-state index is 12.2. The molecule has 3 rings (SSSR count). The zero-order valence-electron chi connectivity index (χ0n) is 9.83. The summed E-state index contributed by atoms with van der Waals surface area (Å²) in [5, 5.41) is 9.41. The molecule has 0 amide bonds. The van der Waals surface area contributed by atoms with Gasteiger partial charge in [0.2, 0.25) is 0 Å². The molecule has 3 aromatic rings. The molecule has 0 unspecified atom stereocenters. The van der Waals surface area contributed by atoms with Gasteiger partial charge in [0.15, 0.2) is 5.76 Å². The van der Waals surface area contributed by atoms with E-state index in [1.165, 1.54) is 4.68 Å². The Bertz CT molecular complexity index is 758. The van der Waals surface area contributed by atoms with Crippen LogP contribution >= 0.6 is 0 Å². The monoisotopic (exact) mass is 241 g/mol. The first-order valence-corrected chi connectivity index (χ1v) is 5.61. The lowest BCUT2D eigenvalue weighted by Gasteiger charge is -2.02. The number of nitrogens with zero attached hydrogens (tertiary/aromatic N) is 3. The van der Waals surface area contributed by atoms with Crippen molar-refractivity contribution in [2.24, 2.45) is 0 Å². The second kappa shape index (κ2) is 4.10. The van der Waals surface area contributed by atoms with Crippen molar-refractivity contribution in [1.29, 1.82) is 0 Å². The van der Waals surface area contributed by atoms with Crippen LogP contribution < -0.4 is 5.56 Å². The Morgan fingerprint density at radius 1 is 1.33 bits per heavy atom. The average Bonchev–Trinajstić information content (AvgIpc) is 2.79. The van der Waals surface area contributed by atoms with Crippen LogP contribution in [-0.4, -0.2) is 14.9 Å². The van der Waals surface area contributed by atoms with Gasteiger partial charge in [-0.3, -0.25) is 4.79 Å². The van der Waals surface area contributed by atoms with Gasteiger partial charge in [0.05, 0.1) is 17.3 Å². The number of rotatable bonds is 2. The van der Waals surface area contributed by atoms with E-state index in [4.69, 9.17) is 4.52 Å². The van der Waals surface area contributed by atoms with Gasteiger partial charge in [-0.15, -0.1) is 0 Å². The normalized spacial score (nSPS) is 10.9. The Hall–Kier alpha value is -2.43. The summed E-state index contributed by atoms with van der Waals surface area (Å²) in [6.07, 6.45) is 1.68. The van der Waals surface area contributed by atoms with Crippen molar-refractivity contribution in [3.63, 3.8) is 0 Å². The Morgan fingerprint density at radius 2 is 2.17 bits per heavy atom. The Labute approximate surface area is 103 Å². The summed E-state index contributed by atoms with van der Waals surface area (Å²) >= 11 is 0. The Kier molecular flexibility index (Phi) is 2.44. The standard InChI is InChI=1S/C13H11N3O2/c1-9-6-11(18-15-9)8-16-13(17)12-5-3-2-4-10(12)7-14-16/h2-7H,8H2,1H3. The number of fused-ring (bicyclic) bond motifs is 1. The summed E-state index contributed by atoms with van der Waals surface area (Å²) in [6.45, 7) is 2.13. The fourth-order valence-corrected chi connectivity index (χ4v) is 1.88. The van der Waals surface area contributed by atoms with Crippen LogP contribution in [0.2, 0.25) is 0 Å². The second-order valence-corrected chi connectivity index (χ2v) is 4.13. The topological polar surface area (TPSA) is 60.9 Å². The van der Waals surface area contributed by atoms with E-state index in [0.717, 1.165) is 11.1 Å². The molecule has 0 saturated carbocycles. The third-order valence-corrected chi connectivity index (χ3v) is 2.74. The first-order valence-electron chi connectivity index (χ1n) is 5.61. The number of aromatic nitrogens is 3. The smallest absolute Gasteiger partial charge is 0.275 e. The van der Waals surface area contributed by atoms with Crippen molar-refractivity contribution in [3.05, 3.63) is 58.3 Å². The fourth-order valence-electron chi connectivity index (χ4n) is 1.88. The van der Waals surface area contributed by atoms with Crippen LogP contribution in [0.3, 0.4) is 0 Å². The number of hydrogen-bond donors (Lipinski definition) is 0. The molecule has 5 nitrogen and oxygen atoms in total. The molecule has 5 heteroatoms. The van der Waals surface area contributed by atoms with Gasteiger partial charge in [-0.25, -0.2) is 4.68 Å². The van der Waals surface area contributed by atoms with Gasteiger partial charge in [-0.2, -0.15) is 5.10 Å². The van der Waals surface area contributed by atoms with Gasteiger partial charge in [0.25, 0.3) is 5.56 Å². The second-order valence-electron chi connectivity index (χ2n) is 4.13. The van der Waals surface area contributed by atoms with E-state index in [9.17, 15) is 4.79 Å². The third kappa shape index (κ3) is 1.79. The minimum Gasteiger partial charge on any atom is -0.359 e. The van der Waals surface area contributed by atoms with Crippen LogP contribution in [-0.2, 0) is 6.54 Å². The van der Waals surface area contributed by atoms with Crippen molar-refractivity contribution in [2.75, 3.05) is 0 Å². The summed E-state index contributed by atoms with van der Waals surface area (Å²) in [4.78, 5) is 12.2. The van der Waals surface area contributed by atoms with Crippen LogP contribution in [0, 0.1) is 6.92 Å². The highest BCUT2D eigenvalue weighted by molar-refractivity contribution is 5.80. The molecular weight excluding hydrogens is 230 g/mol. The Morgan fingerprint density at radius 3 is 2.94 bits per heavy atom. The highest BCUT2D eigenvalue weighted by Crippen LogP contribution is 2.08. The van der Waals surface area contributed by atoms with Gasteiger partial charge in [0.1, 0.15) is 6.54 Å². The van der Waals surface area contributed by atoms with Gasteiger partial charge >= 0.3 is 0 Å². The van der Waals surface area contributed by atoms with Crippen molar-refractivity contribution >= 4 is 10.8 Å². The third-order valence-electron chi connectivity index (χ3n) is 2.74. The van der Waals surface area contributed by atoms with Crippen molar-refractivity contribution in [3.8, 4) is 0 Å². The fraction of sp³-hybridized carbons (Fsp3) is 0.154. The summed E-state index contributed by atoms with van der Waals surface area (Å²) < 4.78 is 6.46. The minimum atomic E-state index is -0.123. The van der Waals surface area contributed by atoms with E-state index in [1.54, 1.807) is 18.3 Å². The molecule has 0 N–H and O–H groups in total. The highest BCUT2D eigenvalue weighted by atomic mass is 16.5. The van der Waals surface area contributed by atoms with E-state index in [1.807, 2.05) is 25.1 Å². The molecule has 0 bridgehead atoms. The van der Waals surface area contributed by atoms with E-state index < -0.39 is 0 Å². The van der Waals surface area contributed by atoms with E-state index in [-0.39, 0.29) is 5.56 Å². The molecule has 0 fully saturated rings. The number of hydrogen-bond acceptors (Lipinski definition) is 4. The molecule has 0 saturated heterocycles. The maximum absolute atomic E-state index is 12.2. The van der Waals surface area contributed by atoms with Gasteiger partial charge < -0.3 is 4.52 Å². The molecular formula is C13H11N3O2. The molecule has 0 aliphatic carbocycles. The van der Waals surface area contributed by atoms with Crippen LogP contribution in [0.25, 0.3) is 10.8 Å². The van der Waals surface area contributed by atoms with Gasteiger partial charge in [-0.05, 0) is 13.0 Å². The van der Waals surface area contributed by atoms with Crippen LogP contribution in [0.15, 0.2) is 45.8 Å². The lowest BCUT2D eigenvalue weighted by Crippen LogP contribution is -2.23. The lowest BCUT2D eigenvalue weighted by atomic mass is 10.2. The predicted molar refractivity (Wildman–Crippen MR) is 66.3 cm³/mol. The van der Waals surface area contributed by atoms with Crippen molar-refractivity contribution < 1.29 is 4.52 Å². The molecule has 2 aromatic heterocycles. The van der Waals surface area contributed by atoms with E-state index in [0.29, 0.717) is 17.7 Å². The van der Waals surface area contributed by atoms with Crippen LogP contribution in [0.4, 0.5) is 0 Å². The molecule has 0 aliphatic heterocycles. The zero-order valence-corrected chi connectivity index (χ0v) is 9.83. The predicted octanol–water partition coefficient (Wildman–Crippen LogP) is 1.74. The first-order chi connectivity index (χ1) is 8.74. The lowest BCUT2D eigenvalue weighted by molar-refractivity contribution is 0.366. The molecule has 0 aliphatic rings. The van der Waals surface area contributed by atoms with E-state index >= 15 is 0 Å². The van der Waals surface area contributed by atoms with Crippen molar-refractivity contribution in [2.45, 2.75) is 13.5 Å². The summed E-state index contributed by atoms with van der Waals surface area (Å²) in [5.41, 5.74) is 0.668. The quantitative estimate of drug-likeness (QED) is 0.685. The molecule has 90 valence electrons. The molecule has 1 aromatic carbocycles.